The van der Waals surface area contributed by atoms with E-state index >= 15 is 0 Å². The van der Waals surface area contributed by atoms with E-state index in [2.05, 4.69) is 5.32 Å². The first-order valence-corrected chi connectivity index (χ1v) is 6.56. The van der Waals surface area contributed by atoms with Crippen molar-refractivity contribution in [3.8, 4) is 0 Å². The molecule has 0 unspecified atom stereocenters. The second-order valence-electron chi connectivity index (χ2n) is 4.62. The van der Waals surface area contributed by atoms with Crippen molar-refractivity contribution in [2.75, 3.05) is 11.9 Å². The number of hydrogen-bond donors (Lipinski definition) is 2. The molecule has 0 aliphatic carbocycles. The largest absolute Gasteiger partial charge is 0.396 e. The Balaban J connectivity index is 2.01. The van der Waals surface area contributed by atoms with Gasteiger partial charge in [-0.25, -0.2) is 8.78 Å². The summed E-state index contributed by atoms with van der Waals surface area (Å²) < 4.78 is 26.5. The molecular weight excluding hydrogens is 260 g/mol. The fourth-order valence-electron chi connectivity index (χ4n) is 2.00. The van der Waals surface area contributed by atoms with Crippen molar-refractivity contribution in [1.82, 2.24) is 0 Å². The molecular formula is C16H17F2NO. The lowest BCUT2D eigenvalue weighted by Crippen LogP contribution is -2.03. The Kier molecular flexibility index (Phi) is 5.07. The van der Waals surface area contributed by atoms with E-state index in [1.54, 1.807) is 0 Å². The topological polar surface area (TPSA) is 32.3 Å². The van der Waals surface area contributed by atoms with Gasteiger partial charge < -0.3 is 10.4 Å². The normalized spacial score (nSPS) is 10.6. The molecule has 0 fully saturated rings. The maximum absolute atomic E-state index is 13.5. The van der Waals surface area contributed by atoms with E-state index in [9.17, 15) is 8.78 Å². The zero-order valence-corrected chi connectivity index (χ0v) is 11.1. The number of aliphatic hydroxyl groups is 1. The first kappa shape index (κ1) is 14.5. The highest BCUT2D eigenvalue weighted by atomic mass is 19.1. The fraction of sp³-hybridized carbons (Fsp3) is 0.250. The second kappa shape index (κ2) is 7.01. The van der Waals surface area contributed by atoms with Gasteiger partial charge in [-0.1, -0.05) is 12.1 Å². The molecule has 0 saturated carbocycles. The van der Waals surface area contributed by atoms with Crippen molar-refractivity contribution >= 4 is 5.69 Å². The predicted molar refractivity (Wildman–Crippen MR) is 75.5 cm³/mol. The molecule has 0 aliphatic heterocycles. The van der Waals surface area contributed by atoms with Crippen LogP contribution in [-0.2, 0) is 13.0 Å². The minimum atomic E-state index is -0.445. The standard InChI is InChI=1S/C16H17F2NO/c17-14-6-7-16(18)13(10-14)11-19-15-5-1-3-12(9-15)4-2-8-20/h1,3,5-7,9-10,19-20H,2,4,8,11H2. The number of rotatable bonds is 6. The quantitative estimate of drug-likeness (QED) is 0.847. The molecule has 0 radical (unpaired) electrons. The first-order chi connectivity index (χ1) is 9.69. The summed E-state index contributed by atoms with van der Waals surface area (Å²) in [5.41, 5.74) is 2.25. The molecule has 0 amide bonds. The monoisotopic (exact) mass is 277 g/mol. The van der Waals surface area contributed by atoms with Crippen molar-refractivity contribution in [2.45, 2.75) is 19.4 Å². The molecule has 2 aromatic rings. The Morgan fingerprint density at radius 3 is 2.70 bits per heavy atom. The minimum Gasteiger partial charge on any atom is -0.396 e. The minimum absolute atomic E-state index is 0.159. The van der Waals surface area contributed by atoms with Gasteiger partial charge in [-0.05, 0) is 48.7 Å². The lowest BCUT2D eigenvalue weighted by Gasteiger charge is -2.09. The molecule has 2 nitrogen and oxygen atoms in total. The maximum Gasteiger partial charge on any atom is 0.128 e. The third-order valence-corrected chi connectivity index (χ3v) is 3.04. The number of hydrogen-bond acceptors (Lipinski definition) is 2. The van der Waals surface area contributed by atoms with Crippen LogP contribution < -0.4 is 5.32 Å². The van der Waals surface area contributed by atoms with Crippen LogP contribution in [0.25, 0.3) is 0 Å². The average molecular weight is 277 g/mol. The molecule has 0 bridgehead atoms. The zero-order chi connectivity index (χ0) is 14.4. The van der Waals surface area contributed by atoms with Crippen LogP contribution in [0.4, 0.5) is 14.5 Å². The molecule has 0 spiro atoms. The third-order valence-electron chi connectivity index (χ3n) is 3.04. The van der Waals surface area contributed by atoms with E-state index < -0.39 is 11.6 Å². The number of anilines is 1. The number of halogens is 2. The van der Waals surface area contributed by atoms with Crippen LogP contribution in [0.1, 0.15) is 17.5 Å². The molecule has 4 heteroatoms. The summed E-state index contributed by atoms with van der Waals surface area (Å²) in [5.74, 6) is -0.866. The van der Waals surface area contributed by atoms with E-state index in [-0.39, 0.29) is 13.2 Å². The van der Waals surface area contributed by atoms with Gasteiger partial charge >= 0.3 is 0 Å². The van der Waals surface area contributed by atoms with Crippen molar-refractivity contribution in [2.24, 2.45) is 0 Å². The summed E-state index contributed by atoms with van der Waals surface area (Å²) >= 11 is 0. The molecule has 2 rings (SSSR count). The Bertz CT molecular complexity index is 572. The van der Waals surface area contributed by atoms with E-state index in [0.717, 1.165) is 29.8 Å². The van der Waals surface area contributed by atoms with Gasteiger partial charge in [-0.15, -0.1) is 0 Å². The zero-order valence-electron chi connectivity index (χ0n) is 11.1. The fourth-order valence-corrected chi connectivity index (χ4v) is 2.00. The number of benzene rings is 2. The Labute approximate surface area is 117 Å². The van der Waals surface area contributed by atoms with Gasteiger partial charge in [0.05, 0.1) is 0 Å². The number of nitrogens with one attached hydrogen (secondary N) is 1. The summed E-state index contributed by atoms with van der Waals surface area (Å²) in [5, 5.41) is 11.9. The van der Waals surface area contributed by atoms with Gasteiger partial charge in [0.2, 0.25) is 0 Å². The van der Waals surface area contributed by atoms with Crippen LogP contribution in [0.15, 0.2) is 42.5 Å². The molecule has 0 atom stereocenters. The van der Waals surface area contributed by atoms with Gasteiger partial charge in [-0.2, -0.15) is 0 Å². The highest BCUT2D eigenvalue weighted by Crippen LogP contribution is 2.15. The van der Waals surface area contributed by atoms with Gasteiger partial charge in [0.25, 0.3) is 0 Å². The van der Waals surface area contributed by atoms with E-state index in [4.69, 9.17) is 5.11 Å². The molecule has 0 aliphatic rings. The SMILES string of the molecule is OCCCc1cccc(NCc2cc(F)ccc2F)c1. The first-order valence-electron chi connectivity index (χ1n) is 6.56. The summed E-state index contributed by atoms with van der Waals surface area (Å²) in [6.07, 6.45) is 1.50. The lowest BCUT2D eigenvalue weighted by atomic mass is 10.1. The van der Waals surface area contributed by atoms with Crippen LogP contribution in [0.3, 0.4) is 0 Å². The number of aryl methyl sites for hydroxylation is 1. The molecule has 0 aromatic heterocycles. The van der Waals surface area contributed by atoms with E-state index in [1.165, 1.54) is 6.07 Å². The summed E-state index contributed by atoms with van der Waals surface area (Å²) in [6, 6.07) is 11.1. The molecule has 106 valence electrons. The van der Waals surface area contributed by atoms with Gasteiger partial charge in [0.1, 0.15) is 11.6 Å². The Morgan fingerprint density at radius 2 is 1.90 bits per heavy atom. The van der Waals surface area contributed by atoms with Gasteiger partial charge in [0.15, 0.2) is 0 Å². The van der Waals surface area contributed by atoms with Crippen LogP contribution in [0.5, 0.6) is 0 Å². The van der Waals surface area contributed by atoms with Crippen LogP contribution in [0, 0.1) is 11.6 Å². The summed E-state index contributed by atoms with van der Waals surface area (Å²) in [7, 11) is 0. The Hall–Kier alpha value is -1.94. The smallest absolute Gasteiger partial charge is 0.128 e. The van der Waals surface area contributed by atoms with Gasteiger partial charge in [0, 0.05) is 24.4 Å². The highest BCUT2D eigenvalue weighted by Gasteiger charge is 2.04. The van der Waals surface area contributed by atoms with Crippen molar-refractivity contribution < 1.29 is 13.9 Å². The van der Waals surface area contributed by atoms with Gasteiger partial charge in [-0.3, -0.25) is 0 Å². The lowest BCUT2D eigenvalue weighted by molar-refractivity contribution is 0.288. The summed E-state index contributed by atoms with van der Waals surface area (Å²) in [6.45, 7) is 0.388. The van der Waals surface area contributed by atoms with Crippen molar-refractivity contribution in [3.63, 3.8) is 0 Å². The number of aliphatic hydroxyl groups excluding tert-OH is 1. The summed E-state index contributed by atoms with van der Waals surface area (Å²) in [4.78, 5) is 0. The Morgan fingerprint density at radius 1 is 1.05 bits per heavy atom. The second-order valence-corrected chi connectivity index (χ2v) is 4.62. The maximum atomic E-state index is 13.5. The van der Waals surface area contributed by atoms with Crippen molar-refractivity contribution in [1.29, 1.82) is 0 Å². The third kappa shape index (κ3) is 4.03. The van der Waals surface area contributed by atoms with Crippen molar-refractivity contribution in [3.05, 3.63) is 65.2 Å². The molecule has 2 aromatic carbocycles. The van der Waals surface area contributed by atoms with Crippen LogP contribution >= 0.6 is 0 Å². The van der Waals surface area contributed by atoms with E-state index in [1.807, 2.05) is 24.3 Å². The molecule has 2 N–H and O–H groups in total. The molecule has 20 heavy (non-hydrogen) atoms. The van der Waals surface area contributed by atoms with Crippen LogP contribution in [-0.4, -0.2) is 11.7 Å². The van der Waals surface area contributed by atoms with Crippen LogP contribution in [0.2, 0.25) is 0 Å². The molecule has 0 heterocycles. The van der Waals surface area contributed by atoms with E-state index in [0.29, 0.717) is 12.0 Å². The molecule has 0 saturated heterocycles. The highest BCUT2D eigenvalue weighted by molar-refractivity contribution is 5.46. The predicted octanol–water partition coefficient (Wildman–Crippen LogP) is 3.50. The average Bonchev–Trinajstić information content (AvgIpc) is 2.46.